The second-order valence-electron chi connectivity index (χ2n) is 10.6. The first-order chi connectivity index (χ1) is 21.0. The fourth-order valence-electron chi connectivity index (χ4n) is 6.34. The maximum absolute atomic E-state index is 14.2. The molecule has 7 rings (SSSR count). The summed E-state index contributed by atoms with van der Waals surface area (Å²) in [5, 5.41) is 3.41. The third-order valence-electron chi connectivity index (χ3n) is 8.20. The number of dihydropyridines is 1. The van der Waals surface area contributed by atoms with Crippen molar-refractivity contribution >= 4 is 33.4 Å². The Morgan fingerprint density at radius 1 is 0.814 bits per heavy atom. The SMILES string of the molecule is COC(=O)C1=C(C)NC2=C(C(=O)c3ccccc32)[C@@H]1c1cc(-c2ccccc2)n(-c2ccc(Br)cc2)c1-c1ccccc1. The highest BCUT2D eigenvalue weighted by Gasteiger charge is 2.44. The number of fused-ring (bicyclic) bond motifs is 2. The lowest BCUT2D eigenvalue weighted by Crippen LogP contribution is -2.29. The van der Waals surface area contributed by atoms with Gasteiger partial charge in [0.1, 0.15) is 0 Å². The minimum absolute atomic E-state index is 0.0892. The number of hydrogen-bond donors (Lipinski definition) is 1. The van der Waals surface area contributed by atoms with Gasteiger partial charge in [-0.15, -0.1) is 0 Å². The van der Waals surface area contributed by atoms with Crippen molar-refractivity contribution in [2.75, 3.05) is 7.11 Å². The Morgan fingerprint density at radius 3 is 2.07 bits per heavy atom. The number of carbonyl (C=O) groups is 2. The van der Waals surface area contributed by atoms with Gasteiger partial charge in [0.2, 0.25) is 0 Å². The van der Waals surface area contributed by atoms with Crippen LogP contribution < -0.4 is 5.32 Å². The van der Waals surface area contributed by atoms with Crippen LogP contribution in [-0.2, 0) is 9.53 Å². The number of nitrogens with zero attached hydrogens (tertiary/aromatic N) is 1. The van der Waals surface area contributed by atoms with E-state index in [2.05, 4.69) is 68.3 Å². The number of methoxy groups -OCH3 is 1. The number of rotatable bonds is 5. The molecule has 6 heteroatoms. The van der Waals surface area contributed by atoms with Crippen LogP contribution >= 0.6 is 15.9 Å². The molecule has 2 heterocycles. The number of halogens is 1. The molecule has 43 heavy (non-hydrogen) atoms. The maximum atomic E-state index is 14.2. The van der Waals surface area contributed by atoms with Gasteiger partial charge in [-0.3, -0.25) is 4.79 Å². The second kappa shape index (κ2) is 10.7. The monoisotopic (exact) mass is 626 g/mol. The Labute approximate surface area is 258 Å². The van der Waals surface area contributed by atoms with Gasteiger partial charge in [-0.1, -0.05) is 101 Å². The average Bonchev–Trinajstić information content (AvgIpc) is 3.57. The number of hydrogen-bond acceptors (Lipinski definition) is 4. The summed E-state index contributed by atoms with van der Waals surface area (Å²) in [6.45, 7) is 1.88. The highest BCUT2D eigenvalue weighted by molar-refractivity contribution is 9.10. The van der Waals surface area contributed by atoms with Crippen molar-refractivity contribution in [3.8, 4) is 28.2 Å². The number of Topliss-reactive ketones (excluding diaryl/α,β-unsaturated/α-hetero) is 1. The van der Waals surface area contributed by atoms with Gasteiger partial charge in [-0.25, -0.2) is 4.79 Å². The van der Waals surface area contributed by atoms with Crippen molar-refractivity contribution < 1.29 is 14.3 Å². The fourth-order valence-corrected chi connectivity index (χ4v) is 6.61. The van der Waals surface area contributed by atoms with Gasteiger partial charge in [0.15, 0.2) is 5.78 Å². The molecular weight excluding hydrogens is 600 g/mol. The van der Waals surface area contributed by atoms with Gasteiger partial charge in [0.05, 0.1) is 35.7 Å². The smallest absolute Gasteiger partial charge is 0.336 e. The van der Waals surface area contributed by atoms with Crippen molar-refractivity contribution in [1.82, 2.24) is 9.88 Å². The third-order valence-corrected chi connectivity index (χ3v) is 8.73. The van der Waals surface area contributed by atoms with Crippen molar-refractivity contribution in [3.05, 3.63) is 153 Å². The Kier molecular flexibility index (Phi) is 6.71. The largest absolute Gasteiger partial charge is 0.466 e. The van der Waals surface area contributed by atoms with Crippen LogP contribution in [0.5, 0.6) is 0 Å². The lowest BCUT2D eigenvalue weighted by Gasteiger charge is -2.29. The van der Waals surface area contributed by atoms with E-state index in [0.717, 1.165) is 49.5 Å². The van der Waals surface area contributed by atoms with Gasteiger partial charge in [0, 0.05) is 32.6 Å². The molecule has 0 saturated carbocycles. The number of nitrogens with one attached hydrogen (secondary N) is 1. The number of ether oxygens (including phenoxy) is 1. The summed E-state index contributed by atoms with van der Waals surface area (Å²) in [4.78, 5) is 27.8. The minimum Gasteiger partial charge on any atom is -0.466 e. The first-order valence-electron chi connectivity index (χ1n) is 14.0. The second-order valence-corrected chi connectivity index (χ2v) is 11.5. The van der Waals surface area contributed by atoms with Crippen molar-refractivity contribution in [3.63, 3.8) is 0 Å². The number of ketones is 1. The van der Waals surface area contributed by atoms with E-state index in [1.807, 2.05) is 79.7 Å². The quantitative estimate of drug-likeness (QED) is 0.199. The Bertz CT molecular complexity index is 1970. The van der Waals surface area contributed by atoms with E-state index < -0.39 is 11.9 Å². The van der Waals surface area contributed by atoms with E-state index in [9.17, 15) is 9.59 Å². The predicted molar refractivity (Wildman–Crippen MR) is 173 cm³/mol. The highest BCUT2D eigenvalue weighted by atomic mass is 79.9. The summed E-state index contributed by atoms with van der Waals surface area (Å²) >= 11 is 3.59. The standard InChI is InChI=1S/C37H27BrN2O3/c1-22-31(37(42)43-2)32(33-34(39-22)27-15-9-10-16-28(27)36(33)41)29-21-30(23-11-5-3-6-12-23)40(26-19-17-25(38)18-20-26)35(29)24-13-7-4-8-14-24/h3-21,32,39H,1-2H3/t32-/m1/s1. The van der Waals surface area contributed by atoms with Crippen molar-refractivity contribution in [2.45, 2.75) is 12.8 Å². The molecule has 1 aromatic heterocycles. The first-order valence-corrected chi connectivity index (χ1v) is 14.8. The zero-order valence-corrected chi connectivity index (χ0v) is 25.2. The zero-order valence-electron chi connectivity index (χ0n) is 23.6. The molecule has 210 valence electrons. The summed E-state index contributed by atoms with van der Waals surface area (Å²) in [5.74, 6) is -1.23. The van der Waals surface area contributed by atoms with Crippen molar-refractivity contribution in [1.29, 1.82) is 0 Å². The van der Waals surface area contributed by atoms with E-state index in [4.69, 9.17) is 4.74 Å². The molecule has 2 aliphatic rings. The summed E-state index contributed by atoms with van der Waals surface area (Å²) < 4.78 is 8.56. The average molecular weight is 628 g/mol. The molecule has 0 amide bonds. The van der Waals surface area contributed by atoms with E-state index in [1.165, 1.54) is 7.11 Å². The maximum Gasteiger partial charge on any atom is 0.336 e. The molecule has 1 aliphatic heterocycles. The lowest BCUT2D eigenvalue weighted by atomic mass is 9.79. The fraction of sp³-hybridized carbons (Fsp3) is 0.0811. The molecule has 0 spiro atoms. The number of carbonyl (C=O) groups excluding carboxylic acids is 2. The molecule has 4 aromatic carbocycles. The topological polar surface area (TPSA) is 60.3 Å². The molecule has 0 fully saturated rings. The van der Waals surface area contributed by atoms with E-state index in [1.54, 1.807) is 0 Å². The summed E-state index contributed by atoms with van der Waals surface area (Å²) in [5.41, 5.74) is 9.48. The molecule has 0 saturated heterocycles. The molecular formula is C37H27BrN2O3. The van der Waals surface area contributed by atoms with Gasteiger partial charge in [-0.2, -0.15) is 0 Å². The highest BCUT2D eigenvalue weighted by Crippen LogP contribution is 2.51. The van der Waals surface area contributed by atoms with Crippen LogP contribution in [0.25, 0.3) is 33.9 Å². The van der Waals surface area contributed by atoms with Crippen LogP contribution in [0.15, 0.2) is 137 Å². The van der Waals surface area contributed by atoms with Crippen LogP contribution in [0.2, 0.25) is 0 Å². The minimum atomic E-state index is -0.669. The number of allylic oxidation sites excluding steroid dienone is 2. The molecule has 1 aliphatic carbocycles. The summed E-state index contributed by atoms with van der Waals surface area (Å²) in [6.07, 6.45) is 0. The van der Waals surface area contributed by atoms with E-state index in [0.29, 0.717) is 22.4 Å². The normalized spacial score (nSPS) is 15.7. The Hall–Kier alpha value is -4.94. The molecule has 0 bridgehead atoms. The van der Waals surface area contributed by atoms with Crippen LogP contribution in [0.4, 0.5) is 0 Å². The van der Waals surface area contributed by atoms with Gasteiger partial charge < -0.3 is 14.6 Å². The van der Waals surface area contributed by atoms with Crippen LogP contribution in [0.1, 0.15) is 34.3 Å². The van der Waals surface area contributed by atoms with Crippen molar-refractivity contribution in [2.24, 2.45) is 0 Å². The summed E-state index contributed by atoms with van der Waals surface area (Å²) in [6, 6.07) is 38.2. The third kappa shape index (κ3) is 4.37. The van der Waals surface area contributed by atoms with Gasteiger partial charge >= 0.3 is 5.97 Å². The van der Waals surface area contributed by atoms with Crippen LogP contribution in [-0.4, -0.2) is 23.4 Å². The van der Waals surface area contributed by atoms with Gasteiger partial charge in [-0.05, 0) is 53.9 Å². The molecule has 5 nitrogen and oxygen atoms in total. The molecule has 0 radical (unpaired) electrons. The van der Waals surface area contributed by atoms with E-state index in [-0.39, 0.29) is 5.78 Å². The molecule has 5 aromatic rings. The summed E-state index contributed by atoms with van der Waals surface area (Å²) in [7, 11) is 1.38. The Balaban J connectivity index is 1.60. The first kappa shape index (κ1) is 26.9. The molecule has 0 unspecified atom stereocenters. The molecule has 1 atom stereocenters. The number of esters is 1. The van der Waals surface area contributed by atoms with Gasteiger partial charge in [0.25, 0.3) is 0 Å². The van der Waals surface area contributed by atoms with Crippen LogP contribution in [0, 0.1) is 0 Å². The number of aromatic nitrogens is 1. The number of benzene rings is 4. The predicted octanol–water partition coefficient (Wildman–Crippen LogP) is 8.32. The molecule has 1 N–H and O–H groups in total. The lowest BCUT2D eigenvalue weighted by molar-refractivity contribution is -0.136. The van der Waals surface area contributed by atoms with E-state index >= 15 is 0 Å². The Morgan fingerprint density at radius 2 is 1.42 bits per heavy atom. The zero-order chi connectivity index (χ0) is 29.7. The van der Waals surface area contributed by atoms with Crippen LogP contribution in [0.3, 0.4) is 0 Å².